The molecule has 0 N–H and O–H groups in total. The summed E-state index contributed by atoms with van der Waals surface area (Å²) in [6.07, 6.45) is 0. The standard InChI is InChI=1S/C16H12BrFN2O3/c1-20-14(16(21)22-2)13(17)9-7-8-12(19-15(9)20)23-11-6-4-3-5-10(11)18/h3-8H,1-2H3. The second-order valence-electron chi connectivity index (χ2n) is 4.77. The molecule has 1 aromatic carbocycles. The van der Waals surface area contributed by atoms with E-state index in [1.165, 1.54) is 19.2 Å². The number of ether oxygens (including phenoxy) is 2. The van der Waals surface area contributed by atoms with Gasteiger partial charge in [0.1, 0.15) is 11.3 Å². The number of carbonyl (C=O) groups is 1. The van der Waals surface area contributed by atoms with Gasteiger partial charge in [0.05, 0.1) is 11.6 Å². The van der Waals surface area contributed by atoms with Gasteiger partial charge >= 0.3 is 5.97 Å². The SMILES string of the molecule is COC(=O)c1c(Br)c2ccc(Oc3ccccc3F)nc2n1C. The number of esters is 1. The van der Waals surface area contributed by atoms with Gasteiger partial charge in [-0.25, -0.2) is 9.18 Å². The van der Waals surface area contributed by atoms with Gasteiger partial charge in [0.25, 0.3) is 0 Å². The Morgan fingerprint density at radius 3 is 2.70 bits per heavy atom. The molecule has 2 aromatic heterocycles. The lowest BCUT2D eigenvalue weighted by Crippen LogP contribution is -2.08. The van der Waals surface area contributed by atoms with Crippen LogP contribution in [0.1, 0.15) is 10.5 Å². The van der Waals surface area contributed by atoms with Gasteiger partial charge in [-0.05, 0) is 34.1 Å². The zero-order valence-electron chi connectivity index (χ0n) is 12.3. The lowest BCUT2D eigenvalue weighted by Gasteiger charge is -2.06. The number of hydrogen-bond donors (Lipinski definition) is 0. The molecule has 0 saturated carbocycles. The molecule has 0 spiro atoms. The van der Waals surface area contributed by atoms with Crippen molar-refractivity contribution in [1.82, 2.24) is 9.55 Å². The Balaban J connectivity index is 2.07. The van der Waals surface area contributed by atoms with Crippen molar-refractivity contribution in [1.29, 1.82) is 0 Å². The summed E-state index contributed by atoms with van der Waals surface area (Å²) >= 11 is 3.38. The van der Waals surface area contributed by atoms with E-state index in [-0.39, 0.29) is 11.6 Å². The van der Waals surface area contributed by atoms with Crippen molar-refractivity contribution in [2.75, 3.05) is 7.11 Å². The first-order chi connectivity index (χ1) is 11.0. The molecule has 2 heterocycles. The number of rotatable bonds is 3. The summed E-state index contributed by atoms with van der Waals surface area (Å²) in [6.45, 7) is 0. The number of aryl methyl sites for hydroxylation is 1. The monoisotopic (exact) mass is 378 g/mol. The van der Waals surface area contributed by atoms with E-state index in [4.69, 9.17) is 9.47 Å². The zero-order valence-corrected chi connectivity index (χ0v) is 13.9. The third-order valence-corrected chi connectivity index (χ3v) is 4.18. The van der Waals surface area contributed by atoms with Crippen LogP contribution in [0.5, 0.6) is 11.6 Å². The van der Waals surface area contributed by atoms with E-state index in [0.717, 1.165) is 5.39 Å². The van der Waals surface area contributed by atoms with Gasteiger partial charge in [-0.2, -0.15) is 4.98 Å². The fourth-order valence-corrected chi connectivity index (χ4v) is 3.00. The Morgan fingerprint density at radius 1 is 1.26 bits per heavy atom. The van der Waals surface area contributed by atoms with Gasteiger partial charge in [-0.1, -0.05) is 12.1 Å². The molecule has 0 aliphatic rings. The maximum absolute atomic E-state index is 13.7. The Labute approximate surface area is 139 Å². The van der Waals surface area contributed by atoms with E-state index in [0.29, 0.717) is 15.8 Å². The van der Waals surface area contributed by atoms with Crippen molar-refractivity contribution in [3.8, 4) is 11.6 Å². The molecule has 3 rings (SSSR count). The summed E-state index contributed by atoms with van der Waals surface area (Å²) in [5.41, 5.74) is 0.865. The molecule has 118 valence electrons. The van der Waals surface area contributed by atoms with Crippen molar-refractivity contribution in [3.05, 3.63) is 52.4 Å². The zero-order chi connectivity index (χ0) is 16.6. The Kier molecular flexibility index (Phi) is 4.04. The molecule has 5 nitrogen and oxygen atoms in total. The third-order valence-electron chi connectivity index (χ3n) is 3.38. The Hall–Kier alpha value is -2.41. The molecule has 23 heavy (non-hydrogen) atoms. The number of carbonyl (C=O) groups excluding carboxylic acids is 1. The van der Waals surface area contributed by atoms with E-state index in [1.54, 1.807) is 35.9 Å². The Morgan fingerprint density at radius 2 is 2.00 bits per heavy atom. The molecular weight excluding hydrogens is 367 g/mol. The van der Waals surface area contributed by atoms with Gasteiger partial charge in [0.15, 0.2) is 11.6 Å². The predicted octanol–water partition coefficient (Wildman–Crippen LogP) is 4.05. The van der Waals surface area contributed by atoms with Crippen LogP contribution < -0.4 is 4.74 Å². The van der Waals surface area contributed by atoms with E-state index in [1.807, 2.05) is 0 Å². The minimum atomic E-state index is -0.478. The lowest BCUT2D eigenvalue weighted by atomic mass is 10.3. The third kappa shape index (κ3) is 2.68. The smallest absolute Gasteiger partial charge is 0.355 e. The number of aromatic nitrogens is 2. The highest BCUT2D eigenvalue weighted by molar-refractivity contribution is 9.10. The summed E-state index contributed by atoms with van der Waals surface area (Å²) in [4.78, 5) is 16.2. The van der Waals surface area contributed by atoms with Gasteiger partial charge in [0, 0.05) is 18.5 Å². The molecule has 7 heteroatoms. The molecule has 0 saturated heterocycles. The summed E-state index contributed by atoms with van der Waals surface area (Å²) in [6, 6.07) is 9.43. The van der Waals surface area contributed by atoms with Crippen LogP contribution in [0, 0.1) is 5.82 Å². The van der Waals surface area contributed by atoms with E-state index >= 15 is 0 Å². The highest BCUT2D eigenvalue weighted by atomic mass is 79.9. The first kappa shape index (κ1) is 15.5. The minimum absolute atomic E-state index is 0.0841. The average Bonchev–Trinajstić information content (AvgIpc) is 2.80. The van der Waals surface area contributed by atoms with Crippen molar-refractivity contribution in [3.63, 3.8) is 0 Å². The Bertz CT molecular complexity index is 908. The maximum Gasteiger partial charge on any atom is 0.355 e. The molecule has 0 aliphatic heterocycles. The molecule has 0 unspecified atom stereocenters. The number of pyridine rings is 1. The lowest BCUT2D eigenvalue weighted by molar-refractivity contribution is 0.0589. The van der Waals surface area contributed by atoms with Crippen molar-refractivity contribution in [2.24, 2.45) is 7.05 Å². The number of benzene rings is 1. The molecular formula is C16H12BrFN2O3. The topological polar surface area (TPSA) is 53.4 Å². The first-order valence-corrected chi connectivity index (χ1v) is 7.48. The highest BCUT2D eigenvalue weighted by Gasteiger charge is 2.21. The van der Waals surface area contributed by atoms with Crippen molar-refractivity contribution < 1.29 is 18.7 Å². The molecule has 0 radical (unpaired) electrons. The van der Waals surface area contributed by atoms with Crippen LogP contribution in [0.15, 0.2) is 40.9 Å². The van der Waals surface area contributed by atoms with Gasteiger partial charge in [0.2, 0.25) is 5.88 Å². The molecule has 3 aromatic rings. The molecule has 0 fully saturated rings. The number of para-hydroxylation sites is 1. The molecule has 0 bridgehead atoms. The number of methoxy groups -OCH3 is 1. The van der Waals surface area contributed by atoms with E-state index < -0.39 is 11.8 Å². The molecule has 0 atom stereocenters. The maximum atomic E-state index is 13.7. The van der Waals surface area contributed by atoms with Crippen LogP contribution in [0.4, 0.5) is 4.39 Å². The number of halogens is 2. The fraction of sp³-hybridized carbons (Fsp3) is 0.125. The van der Waals surface area contributed by atoms with Crippen LogP contribution in [0.2, 0.25) is 0 Å². The summed E-state index contributed by atoms with van der Waals surface area (Å²) in [5, 5.41) is 0.730. The van der Waals surface area contributed by atoms with E-state index in [9.17, 15) is 9.18 Å². The van der Waals surface area contributed by atoms with Gasteiger partial charge < -0.3 is 14.0 Å². The van der Waals surface area contributed by atoms with Gasteiger partial charge in [-0.3, -0.25) is 0 Å². The first-order valence-electron chi connectivity index (χ1n) is 6.68. The second kappa shape index (κ2) is 6.00. The van der Waals surface area contributed by atoms with E-state index in [2.05, 4.69) is 20.9 Å². The minimum Gasteiger partial charge on any atom is -0.464 e. The summed E-state index contributed by atoms with van der Waals surface area (Å²) in [7, 11) is 3.01. The van der Waals surface area contributed by atoms with Crippen LogP contribution in [-0.4, -0.2) is 22.6 Å². The normalized spacial score (nSPS) is 10.8. The molecule has 0 amide bonds. The van der Waals surface area contributed by atoms with Crippen molar-refractivity contribution >= 4 is 32.9 Å². The highest BCUT2D eigenvalue weighted by Crippen LogP contribution is 2.32. The summed E-state index contributed by atoms with van der Waals surface area (Å²) in [5.74, 6) is -0.639. The van der Waals surface area contributed by atoms with Crippen LogP contribution in [0.25, 0.3) is 11.0 Å². The number of hydrogen-bond acceptors (Lipinski definition) is 4. The van der Waals surface area contributed by atoms with Gasteiger partial charge in [-0.15, -0.1) is 0 Å². The molecule has 0 aliphatic carbocycles. The van der Waals surface area contributed by atoms with Crippen LogP contribution in [0.3, 0.4) is 0 Å². The van der Waals surface area contributed by atoms with Crippen molar-refractivity contribution in [2.45, 2.75) is 0 Å². The number of fused-ring (bicyclic) bond motifs is 1. The number of nitrogens with zero attached hydrogens (tertiary/aromatic N) is 2. The van der Waals surface area contributed by atoms with Crippen LogP contribution in [-0.2, 0) is 11.8 Å². The quantitative estimate of drug-likeness (QED) is 0.645. The average molecular weight is 379 g/mol. The predicted molar refractivity (Wildman–Crippen MR) is 86.2 cm³/mol. The fourth-order valence-electron chi connectivity index (χ4n) is 2.26. The largest absolute Gasteiger partial charge is 0.464 e. The summed E-state index contributed by atoms with van der Waals surface area (Å²) < 4.78 is 26.1. The van der Waals surface area contributed by atoms with Crippen LogP contribution >= 0.6 is 15.9 Å². The second-order valence-corrected chi connectivity index (χ2v) is 5.56.